The monoisotopic (exact) mass is 374 g/mol. The van der Waals surface area contributed by atoms with Gasteiger partial charge in [0, 0.05) is 46.3 Å². The molecule has 0 saturated heterocycles. The van der Waals surface area contributed by atoms with Crippen molar-refractivity contribution in [2.24, 2.45) is 12.0 Å². The Kier molecular flexibility index (Phi) is 8.06. The maximum absolute atomic E-state index is 5.93. The summed E-state index contributed by atoms with van der Waals surface area (Å²) in [5, 5.41) is 14.8. The van der Waals surface area contributed by atoms with Crippen LogP contribution in [0.5, 0.6) is 5.75 Å². The van der Waals surface area contributed by atoms with Gasteiger partial charge in [-0.25, -0.2) is 0 Å². The Labute approximate surface area is 161 Å². The number of aryl methyl sites for hydroxylation is 2. The van der Waals surface area contributed by atoms with Crippen molar-refractivity contribution in [3.63, 3.8) is 0 Å². The Morgan fingerprint density at radius 1 is 1.15 bits per heavy atom. The van der Waals surface area contributed by atoms with E-state index in [4.69, 9.17) is 9.47 Å². The molecular formula is C19H30N6O2. The van der Waals surface area contributed by atoms with Gasteiger partial charge < -0.3 is 24.7 Å². The van der Waals surface area contributed by atoms with Gasteiger partial charge in [0.05, 0.1) is 13.2 Å². The first-order chi connectivity index (χ1) is 13.0. The molecule has 0 radical (unpaired) electrons. The normalized spacial score (nSPS) is 11.5. The fourth-order valence-corrected chi connectivity index (χ4v) is 2.49. The molecule has 0 bridgehead atoms. The number of nitrogens with zero attached hydrogens (tertiary/aromatic N) is 4. The van der Waals surface area contributed by atoms with Gasteiger partial charge in [-0.2, -0.15) is 0 Å². The Morgan fingerprint density at radius 2 is 1.93 bits per heavy atom. The predicted molar refractivity (Wildman–Crippen MR) is 106 cm³/mol. The van der Waals surface area contributed by atoms with Crippen LogP contribution in [-0.4, -0.2) is 48.1 Å². The largest absolute Gasteiger partial charge is 0.493 e. The molecule has 0 atom stereocenters. The third-order valence-corrected chi connectivity index (χ3v) is 4.24. The van der Waals surface area contributed by atoms with E-state index < -0.39 is 0 Å². The number of aromatic nitrogens is 3. The first kappa shape index (κ1) is 20.7. The van der Waals surface area contributed by atoms with Gasteiger partial charge in [0.15, 0.2) is 11.8 Å². The number of hydrogen-bond acceptors (Lipinski definition) is 5. The molecule has 0 fully saturated rings. The first-order valence-corrected chi connectivity index (χ1v) is 9.05. The van der Waals surface area contributed by atoms with Crippen LogP contribution >= 0.6 is 0 Å². The summed E-state index contributed by atoms with van der Waals surface area (Å²) in [7, 11) is 5.39. The molecule has 1 aromatic carbocycles. The molecule has 148 valence electrons. The summed E-state index contributed by atoms with van der Waals surface area (Å²) < 4.78 is 13.0. The number of nitrogens with one attached hydrogen (secondary N) is 2. The van der Waals surface area contributed by atoms with E-state index in [-0.39, 0.29) is 0 Å². The van der Waals surface area contributed by atoms with E-state index in [0.29, 0.717) is 32.3 Å². The van der Waals surface area contributed by atoms with Gasteiger partial charge in [0.25, 0.3) is 0 Å². The second kappa shape index (κ2) is 10.5. The fraction of sp³-hybridized carbons (Fsp3) is 0.526. The van der Waals surface area contributed by atoms with Crippen LogP contribution in [0.2, 0.25) is 0 Å². The Bertz CT molecular complexity index is 757. The fourth-order valence-electron chi connectivity index (χ4n) is 2.49. The molecule has 0 spiro atoms. The summed E-state index contributed by atoms with van der Waals surface area (Å²) in [5.41, 5.74) is 2.25. The highest BCUT2D eigenvalue weighted by atomic mass is 16.5. The van der Waals surface area contributed by atoms with Gasteiger partial charge in [0.1, 0.15) is 11.6 Å². The summed E-state index contributed by atoms with van der Waals surface area (Å²) in [5.74, 6) is 3.32. The highest BCUT2D eigenvalue weighted by Gasteiger charge is 2.08. The zero-order valence-electron chi connectivity index (χ0n) is 16.9. The first-order valence-electron chi connectivity index (χ1n) is 9.05. The van der Waals surface area contributed by atoms with E-state index in [0.717, 1.165) is 29.4 Å². The van der Waals surface area contributed by atoms with Crippen molar-refractivity contribution in [2.45, 2.75) is 33.4 Å². The van der Waals surface area contributed by atoms with Crippen LogP contribution in [-0.2, 0) is 24.9 Å². The number of benzene rings is 1. The summed E-state index contributed by atoms with van der Waals surface area (Å²) in [6.07, 6.45) is 0.859. The lowest BCUT2D eigenvalue weighted by Gasteiger charge is -2.15. The highest BCUT2D eigenvalue weighted by molar-refractivity contribution is 5.79. The van der Waals surface area contributed by atoms with E-state index in [1.807, 2.05) is 18.5 Å². The lowest BCUT2D eigenvalue weighted by atomic mass is 10.1. The molecule has 8 nitrogen and oxygen atoms in total. The zero-order valence-corrected chi connectivity index (χ0v) is 16.9. The molecule has 0 aliphatic carbocycles. The average molecular weight is 374 g/mol. The van der Waals surface area contributed by atoms with E-state index in [1.54, 1.807) is 14.2 Å². The SMILES string of the molecule is CN=C(NCc1ccc(C)cc1OCCCOC)NCc1nnc(C)n1C. The molecule has 0 aliphatic rings. The summed E-state index contributed by atoms with van der Waals surface area (Å²) in [6.45, 7) is 6.46. The second-order valence-electron chi connectivity index (χ2n) is 6.31. The lowest BCUT2D eigenvalue weighted by molar-refractivity contribution is 0.171. The second-order valence-corrected chi connectivity index (χ2v) is 6.31. The highest BCUT2D eigenvalue weighted by Crippen LogP contribution is 2.20. The third kappa shape index (κ3) is 6.25. The molecule has 0 unspecified atom stereocenters. The van der Waals surface area contributed by atoms with Crippen LogP contribution in [0.1, 0.15) is 29.2 Å². The van der Waals surface area contributed by atoms with E-state index in [1.165, 1.54) is 5.56 Å². The number of hydrogen-bond donors (Lipinski definition) is 2. The number of ether oxygens (including phenoxy) is 2. The summed E-state index contributed by atoms with van der Waals surface area (Å²) in [4.78, 5) is 4.27. The Hall–Kier alpha value is -2.61. The van der Waals surface area contributed by atoms with Crippen molar-refractivity contribution in [3.8, 4) is 5.75 Å². The number of methoxy groups -OCH3 is 1. The smallest absolute Gasteiger partial charge is 0.191 e. The van der Waals surface area contributed by atoms with Crippen LogP contribution < -0.4 is 15.4 Å². The number of rotatable bonds is 9. The Balaban J connectivity index is 1.92. The summed E-state index contributed by atoms with van der Waals surface area (Å²) >= 11 is 0. The van der Waals surface area contributed by atoms with Crippen molar-refractivity contribution in [1.82, 2.24) is 25.4 Å². The van der Waals surface area contributed by atoms with Crippen LogP contribution in [0.15, 0.2) is 23.2 Å². The molecule has 27 heavy (non-hydrogen) atoms. The summed E-state index contributed by atoms with van der Waals surface area (Å²) in [6, 6.07) is 6.22. The minimum atomic E-state index is 0.547. The molecule has 0 amide bonds. The maximum atomic E-state index is 5.93. The van der Waals surface area contributed by atoms with Gasteiger partial charge in [0.2, 0.25) is 0 Å². The van der Waals surface area contributed by atoms with Crippen LogP contribution in [0.4, 0.5) is 0 Å². The van der Waals surface area contributed by atoms with Gasteiger partial charge in [-0.3, -0.25) is 4.99 Å². The molecule has 0 aliphatic heterocycles. The van der Waals surface area contributed by atoms with E-state index >= 15 is 0 Å². The van der Waals surface area contributed by atoms with Crippen LogP contribution in [0.3, 0.4) is 0 Å². The molecule has 1 heterocycles. The lowest BCUT2D eigenvalue weighted by Crippen LogP contribution is -2.37. The molecule has 2 aromatic rings. The van der Waals surface area contributed by atoms with Gasteiger partial charge in [-0.15, -0.1) is 10.2 Å². The van der Waals surface area contributed by atoms with Crippen molar-refractivity contribution in [3.05, 3.63) is 41.0 Å². The number of guanidine groups is 1. The zero-order chi connectivity index (χ0) is 19.6. The minimum Gasteiger partial charge on any atom is -0.493 e. The number of aliphatic imine (C=N–C) groups is 1. The Morgan fingerprint density at radius 3 is 2.59 bits per heavy atom. The molecule has 8 heteroatoms. The molecule has 2 N–H and O–H groups in total. The van der Waals surface area contributed by atoms with Crippen molar-refractivity contribution >= 4 is 5.96 Å². The molecule has 2 rings (SSSR count). The van der Waals surface area contributed by atoms with Crippen molar-refractivity contribution in [1.29, 1.82) is 0 Å². The van der Waals surface area contributed by atoms with E-state index in [2.05, 4.69) is 50.9 Å². The van der Waals surface area contributed by atoms with Crippen molar-refractivity contribution < 1.29 is 9.47 Å². The van der Waals surface area contributed by atoms with Crippen molar-refractivity contribution in [2.75, 3.05) is 27.4 Å². The predicted octanol–water partition coefficient (Wildman–Crippen LogP) is 1.71. The topological polar surface area (TPSA) is 85.6 Å². The van der Waals surface area contributed by atoms with E-state index in [9.17, 15) is 0 Å². The standard InChI is InChI=1S/C19H30N6O2/c1-14-7-8-16(17(11-14)27-10-6-9-26-5)12-21-19(20-3)22-13-18-24-23-15(2)25(18)4/h7-8,11H,6,9-10,12-13H2,1-5H3,(H2,20,21,22). The van der Waals surface area contributed by atoms with Gasteiger partial charge in [-0.05, 0) is 25.5 Å². The van der Waals surface area contributed by atoms with Gasteiger partial charge >= 0.3 is 0 Å². The molecule has 1 aromatic heterocycles. The minimum absolute atomic E-state index is 0.547. The van der Waals surface area contributed by atoms with Crippen LogP contribution in [0, 0.1) is 13.8 Å². The average Bonchev–Trinajstić information content (AvgIpc) is 2.98. The van der Waals surface area contributed by atoms with Crippen LogP contribution in [0.25, 0.3) is 0 Å². The molecular weight excluding hydrogens is 344 g/mol. The third-order valence-electron chi connectivity index (χ3n) is 4.24. The quantitative estimate of drug-likeness (QED) is 0.395. The molecule has 0 saturated carbocycles. The maximum Gasteiger partial charge on any atom is 0.191 e. The van der Waals surface area contributed by atoms with Gasteiger partial charge in [-0.1, -0.05) is 12.1 Å².